The van der Waals surface area contributed by atoms with Gasteiger partial charge in [-0.3, -0.25) is 4.90 Å². The van der Waals surface area contributed by atoms with Crippen molar-refractivity contribution in [3.05, 3.63) is 52.6 Å². The maximum absolute atomic E-state index is 10.0. The van der Waals surface area contributed by atoms with Gasteiger partial charge in [0.1, 0.15) is 24.7 Å². The van der Waals surface area contributed by atoms with Crippen LogP contribution in [-0.4, -0.2) is 51.1 Å². The fourth-order valence-corrected chi connectivity index (χ4v) is 4.44. The summed E-state index contributed by atoms with van der Waals surface area (Å²) in [6, 6.07) is 13.1. The smallest absolute Gasteiger partial charge is 0.240 e. The van der Waals surface area contributed by atoms with E-state index in [1.807, 2.05) is 0 Å². The van der Waals surface area contributed by atoms with Crippen molar-refractivity contribution in [3.8, 4) is 6.07 Å². The second-order valence-corrected chi connectivity index (χ2v) is 7.99. The molecule has 3 heterocycles. The van der Waals surface area contributed by atoms with Crippen LogP contribution in [0.1, 0.15) is 28.7 Å². The van der Waals surface area contributed by atoms with Gasteiger partial charge < -0.3 is 20.1 Å². The van der Waals surface area contributed by atoms with Crippen molar-refractivity contribution in [3.63, 3.8) is 0 Å². The first kappa shape index (κ1) is 20.6. The van der Waals surface area contributed by atoms with Gasteiger partial charge in [0, 0.05) is 25.0 Å². The number of aliphatic hydroxyl groups excluding tert-OH is 1. The van der Waals surface area contributed by atoms with E-state index in [9.17, 15) is 10.4 Å². The monoisotopic (exact) mass is 409 g/mol. The van der Waals surface area contributed by atoms with Crippen molar-refractivity contribution in [2.24, 2.45) is 0 Å². The van der Waals surface area contributed by atoms with E-state index < -0.39 is 0 Å². The van der Waals surface area contributed by atoms with E-state index in [0.717, 1.165) is 56.3 Å². The molecule has 30 heavy (non-hydrogen) atoms. The molecule has 1 fully saturated rings. The van der Waals surface area contributed by atoms with E-state index in [1.54, 1.807) is 0 Å². The topological polar surface area (TPSA) is 87.1 Å². The molecule has 4 N–H and O–H groups in total. The Balaban J connectivity index is 1.66. The lowest BCUT2D eigenvalue weighted by atomic mass is 9.95. The summed E-state index contributed by atoms with van der Waals surface area (Å²) in [5.41, 5.74) is 4.48. The number of aliphatic hydroxyl groups is 1. The lowest BCUT2D eigenvalue weighted by Crippen LogP contribution is -3.10. The van der Waals surface area contributed by atoms with Crippen LogP contribution in [0.4, 0.5) is 11.6 Å². The number of fused-ring (bicyclic) bond motifs is 1. The summed E-state index contributed by atoms with van der Waals surface area (Å²) < 4.78 is 5.50. The van der Waals surface area contributed by atoms with Gasteiger partial charge in [0.05, 0.1) is 45.0 Å². The fraction of sp³-hybridized carbons (Fsp3) is 0.478. The molecule has 0 radical (unpaired) electrons. The molecule has 0 spiro atoms. The molecule has 158 valence electrons. The van der Waals surface area contributed by atoms with Crippen LogP contribution in [0, 0.1) is 11.3 Å². The minimum absolute atomic E-state index is 0.160. The number of benzene rings is 1. The molecule has 0 aliphatic carbocycles. The average molecular weight is 410 g/mol. The highest BCUT2D eigenvalue weighted by atomic mass is 16.5. The number of ether oxygens (including phenoxy) is 1. The van der Waals surface area contributed by atoms with E-state index in [1.165, 1.54) is 21.6 Å². The zero-order valence-corrected chi connectivity index (χ0v) is 17.4. The highest BCUT2D eigenvalue weighted by molar-refractivity contribution is 5.61. The first-order valence-corrected chi connectivity index (χ1v) is 10.9. The number of aromatic amines is 1. The quantitative estimate of drug-likeness (QED) is 0.567. The van der Waals surface area contributed by atoms with Gasteiger partial charge in [-0.15, -0.1) is 0 Å². The van der Waals surface area contributed by atoms with Crippen LogP contribution in [-0.2, 0) is 24.2 Å². The lowest BCUT2D eigenvalue weighted by Gasteiger charge is -2.30. The number of nitriles is 1. The second-order valence-electron chi connectivity index (χ2n) is 7.99. The fourth-order valence-electron chi connectivity index (χ4n) is 4.44. The largest absolute Gasteiger partial charge is 0.396 e. The third kappa shape index (κ3) is 4.57. The number of pyridine rings is 1. The van der Waals surface area contributed by atoms with E-state index in [-0.39, 0.29) is 6.61 Å². The van der Waals surface area contributed by atoms with E-state index in [4.69, 9.17) is 4.74 Å². The van der Waals surface area contributed by atoms with Crippen molar-refractivity contribution in [1.82, 2.24) is 0 Å². The summed E-state index contributed by atoms with van der Waals surface area (Å²) in [4.78, 5) is 7.27. The van der Waals surface area contributed by atoms with Crippen LogP contribution in [0.25, 0.3) is 0 Å². The third-order valence-corrected chi connectivity index (χ3v) is 5.98. The number of hydrogen-bond acceptors (Lipinski definition) is 5. The molecule has 2 aliphatic rings. The van der Waals surface area contributed by atoms with Gasteiger partial charge >= 0.3 is 0 Å². The normalized spacial score (nSPS) is 18.5. The molecule has 1 aromatic carbocycles. The molecule has 0 saturated carbocycles. The number of anilines is 2. The zero-order chi connectivity index (χ0) is 20.8. The summed E-state index contributed by atoms with van der Waals surface area (Å²) in [6.07, 6.45) is 1.58. The summed E-state index contributed by atoms with van der Waals surface area (Å²) >= 11 is 0. The van der Waals surface area contributed by atoms with Crippen molar-refractivity contribution < 1.29 is 19.7 Å². The maximum atomic E-state index is 10.0. The van der Waals surface area contributed by atoms with E-state index >= 15 is 0 Å². The predicted octanol–water partition coefficient (Wildman–Crippen LogP) is 0.144. The molecule has 7 nitrogen and oxygen atoms in total. The van der Waals surface area contributed by atoms with Crippen LogP contribution < -0.4 is 20.1 Å². The van der Waals surface area contributed by atoms with Crippen LogP contribution >= 0.6 is 0 Å². The Labute approximate surface area is 177 Å². The Morgan fingerprint density at radius 2 is 2.00 bits per heavy atom. The van der Waals surface area contributed by atoms with Crippen LogP contribution in [0.2, 0.25) is 0 Å². The molecule has 2 aromatic rings. The van der Waals surface area contributed by atoms with Crippen molar-refractivity contribution in [2.75, 3.05) is 56.2 Å². The SMILES string of the molecule is N#Cc1c(N2CCOCC2)[nH+]c(NCCCO)c2c1CC[NH+](Cc1ccccc1)C2. The van der Waals surface area contributed by atoms with Gasteiger partial charge in [-0.1, -0.05) is 30.3 Å². The molecular formula is C23H31N5O2+2. The Morgan fingerprint density at radius 3 is 2.73 bits per heavy atom. The molecule has 2 aliphatic heterocycles. The maximum Gasteiger partial charge on any atom is 0.240 e. The van der Waals surface area contributed by atoms with E-state index in [2.05, 4.69) is 51.6 Å². The van der Waals surface area contributed by atoms with Crippen molar-refractivity contribution >= 4 is 11.6 Å². The molecule has 1 saturated heterocycles. The molecule has 1 atom stereocenters. The number of quaternary nitrogens is 1. The molecule has 7 heteroatoms. The van der Waals surface area contributed by atoms with Gasteiger partial charge in [0.2, 0.25) is 11.6 Å². The number of rotatable bonds is 7. The minimum atomic E-state index is 0.160. The molecule has 4 rings (SSSR count). The molecule has 1 unspecified atom stereocenters. The summed E-state index contributed by atoms with van der Waals surface area (Å²) in [6.45, 7) is 6.64. The second kappa shape index (κ2) is 9.90. The van der Waals surface area contributed by atoms with Gasteiger partial charge in [-0.2, -0.15) is 5.26 Å². The van der Waals surface area contributed by atoms with Crippen molar-refractivity contribution in [2.45, 2.75) is 25.9 Å². The zero-order valence-electron chi connectivity index (χ0n) is 17.4. The highest BCUT2D eigenvalue weighted by Gasteiger charge is 2.32. The van der Waals surface area contributed by atoms with Crippen LogP contribution in [0.3, 0.4) is 0 Å². The number of morpholine rings is 1. The highest BCUT2D eigenvalue weighted by Crippen LogP contribution is 2.28. The minimum Gasteiger partial charge on any atom is -0.396 e. The molecular weight excluding hydrogens is 378 g/mol. The lowest BCUT2D eigenvalue weighted by molar-refractivity contribution is -0.929. The molecule has 0 amide bonds. The number of nitrogens with zero attached hydrogens (tertiary/aromatic N) is 2. The van der Waals surface area contributed by atoms with Gasteiger partial charge in [-0.05, 0) is 5.56 Å². The number of nitrogens with one attached hydrogen (secondary N) is 3. The standard InChI is InChI=1S/C23H29N5O2/c24-15-20-19-7-9-27(16-18-5-2-1-3-6-18)17-21(19)22(25-8-4-12-29)26-23(20)28-10-13-30-14-11-28/h1-3,5-6,29H,4,7-14,16-17H2,(H,25,26)/p+2. The summed E-state index contributed by atoms with van der Waals surface area (Å²) in [5.74, 6) is 1.89. The number of H-pyrrole nitrogens is 1. The summed E-state index contributed by atoms with van der Waals surface area (Å²) in [5, 5.41) is 22.7. The van der Waals surface area contributed by atoms with E-state index in [0.29, 0.717) is 26.2 Å². The van der Waals surface area contributed by atoms with Gasteiger partial charge in [0.25, 0.3) is 0 Å². The van der Waals surface area contributed by atoms with Crippen LogP contribution in [0.15, 0.2) is 30.3 Å². The predicted molar refractivity (Wildman–Crippen MR) is 114 cm³/mol. The van der Waals surface area contributed by atoms with Crippen molar-refractivity contribution in [1.29, 1.82) is 5.26 Å². The number of aromatic nitrogens is 1. The Morgan fingerprint density at radius 1 is 1.20 bits per heavy atom. The number of hydrogen-bond donors (Lipinski definition) is 3. The third-order valence-electron chi connectivity index (χ3n) is 5.98. The summed E-state index contributed by atoms with van der Waals surface area (Å²) in [7, 11) is 0. The van der Waals surface area contributed by atoms with Gasteiger partial charge in [0.15, 0.2) is 0 Å². The Bertz CT molecular complexity index is 891. The molecule has 0 bridgehead atoms. The Hall–Kier alpha value is -2.66. The Kier molecular flexibility index (Phi) is 6.80. The average Bonchev–Trinajstić information content (AvgIpc) is 2.80. The first-order chi connectivity index (χ1) is 14.8. The van der Waals surface area contributed by atoms with Gasteiger partial charge in [-0.25, -0.2) is 4.98 Å². The first-order valence-electron chi connectivity index (χ1n) is 10.9. The molecule has 1 aromatic heterocycles. The van der Waals surface area contributed by atoms with Crippen LogP contribution in [0.5, 0.6) is 0 Å².